The van der Waals surface area contributed by atoms with Crippen LogP contribution < -0.4 is 5.32 Å². The molecule has 0 fully saturated rings. The molecule has 1 heterocycles. The second-order valence-electron chi connectivity index (χ2n) is 4.55. The van der Waals surface area contributed by atoms with Gasteiger partial charge in [-0.05, 0) is 59.1 Å². The van der Waals surface area contributed by atoms with Gasteiger partial charge in [0.25, 0.3) is 0 Å². The van der Waals surface area contributed by atoms with Gasteiger partial charge < -0.3 is 10.2 Å². The Morgan fingerprint density at radius 2 is 2.12 bits per heavy atom. The van der Waals surface area contributed by atoms with Crippen molar-refractivity contribution in [3.8, 4) is 0 Å². The Hall–Kier alpha value is -0.380. The van der Waals surface area contributed by atoms with E-state index in [1.807, 2.05) is 11.3 Å². The SMILES string of the molecule is CCCNC(CCN(C)C)c1ccc(C)s1. The molecule has 1 rings (SSSR count). The maximum Gasteiger partial charge on any atom is 0.0427 e. The van der Waals surface area contributed by atoms with Gasteiger partial charge in [-0.3, -0.25) is 0 Å². The lowest BCUT2D eigenvalue weighted by Crippen LogP contribution is -2.25. The summed E-state index contributed by atoms with van der Waals surface area (Å²) < 4.78 is 0. The molecule has 0 aliphatic heterocycles. The number of hydrogen-bond donors (Lipinski definition) is 1. The summed E-state index contributed by atoms with van der Waals surface area (Å²) in [6.07, 6.45) is 2.38. The Balaban J connectivity index is 2.55. The van der Waals surface area contributed by atoms with Crippen molar-refractivity contribution in [3.63, 3.8) is 0 Å². The van der Waals surface area contributed by atoms with Gasteiger partial charge in [0.1, 0.15) is 0 Å². The molecule has 0 aliphatic rings. The molecular weight excluding hydrogens is 216 g/mol. The fourth-order valence-corrected chi connectivity index (χ4v) is 2.68. The standard InChI is InChI=1S/C13H24N2S/c1-5-9-14-12(8-10-15(3)4)13-7-6-11(2)16-13/h6-7,12,14H,5,8-10H2,1-4H3. The Morgan fingerprint density at radius 1 is 1.38 bits per heavy atom. The quantitative estimate of drug-likeness (QED) is 0.788. The number of nitrogens with one attached hydrogen (secondary N) is 1. The van der Waals surface area contributed by atoms with E-state index < -0.39 is 0 Å². The van der Waals surface area contributed by atoms with Crippen molar-refractivity contribution < 1.29 is 0 Å². The monoisotopic (exact) mass is 240 g/mol. The van der Waals surface area contributed by atoms with Crippen LogP contribution in [0.1, 0.15) is 35.6 Å². The molecule has 0 amide bonds. The van der Waals surface area contributed by atoms with Crippen LogP contribution in [0.5, 0.6) is 0 Å². The Morgan fingerprint density at radius 3 is 2.62 bits per heavy atom. The van der Waals surface area contributed by atoms with E-state index in [1.165, 1.54) is 22.6 Å². The summed E-state index contributed by atoms with van der Waals surface area (Å²) in [4.78, 5) is 5.14. The van der Waals surface area contributed by atoms with Gasteiger partial charge in [-0.25, -0.2) is 0 Å². The molecule has 0 aromatic carbocycles. The van der Waals surface area contributed by atoms with Gasteiger partial charge in [-0.2, -0.15) is 0 Å². The predicted octanol–water partition coefficient (Wildman–Crippen LogP) is 3.05. The van der Waals surface area contributed by atoms with Crippen LogP contribution in [0.15, 0.2) is 12.1 Å². The lowest BCUT2D eigenvalue weighted by atomic mass is 10.1. The van der Waals surface area contributed by atoms with Crippen molar-refractivity contribution in [1.82, 2.24) is 10.2 Å². The van der Waals surface area contributed by atoms with Crippen LogP contribution in [0.4, 0.5) is 0 Å². The molecule has 0 saturated heterocycles. The molecule has 0 saturated carbocycles. The first kappa shape index (κ1) is 13.7. The second-order valence-corrected chi connectivity index (χ2v) is 5.87. The van der Waals surface area contributed by atoms with E-state index in [1.54, 1.807) is 0 Å². The molecule has 1 aromatic rings. The van der Waals surface area contributed by atoms with Crippen LogP contribution in [0.3, 0.4) is 0 Å². The van der Waals surface area contributed by atoms with Crippen molar-refractivity contribution in [2.75, 3.05) is 27.2 Å². The maximum absolute atomic E-state index is 3.64. The fraction of sp³-hybridized carbons (Fsp3) is 0.692. The summed E-state index contributed by atoms with van der Waals surface area (Å²) >= 11 is 1.92. The molecule has 92 valence electrons. The van der Waals surface area contributed by atoms with Crippen LogP contribution in [-0.2, 0) is 0 Å². The van der Waals surface area contributed by atoms with Crippen molar-refractivity contribution in [3.05, 3.63) is 21.9 Å². The summed E-state index contributed by atoms with van der Waals surface area (Å²) in [5, 5.41) is 3.64. The molecule has 16 heavy (non-hydrogen) atoms. The molecule has 2 nitrogen and oxygen atoms in total. The molecule has 1 aromatic heterocycles. The predicted molar refractivity (Wildman–Crippen MR) is 73.3 cm³/mol. The number of aryl methyl sites for hydroxylation is 1. The minimum atomic E-state index is 0.529. The molecule has 0 spiro atoms. The van der Waals surface area contributed by atoms with E-state index in [0.29, 0.717) is 6.04 Å². The van der Waals surface area contributed by atoms with Crippen molar-refractivity contribution in [1.29, 1.82) is 0 Å². The summed E-state index contributed by atoms with van der Waals surface area (Å²) in [5.74, 6) is 0. The van der Waals surface area contributed by atoms with Crippen molar-refractivity contribution in [2.45, 2.75) is 32.7 Å². The van der Waals surface area contributed by atoms with Gasteiger partial charge in [0.05, 0.1) is 0 Å². The van der Waals surface area contributed by atoms with E-state index in [-0.39, 0.29) is 0 Å². The zero-order chi connectivity index (χ0) is 12.0. The average molecular weight is 240 g/mol. The first-order valence-electron chi connectivity index (χ1n) is 6.08. The average Bonchev–Trinajstić information content (AvgIpc) is 2.64. The van der Waals surface area contributed by atoms with Crippen LogP contribution >= 0.6 is 11.3 Å². The number of hydrogen-bond acceptors (Lipinski definition) is 3. The molecule has 1 atom stereocenters. The van der Waals surface area contributed by atoms with E-state index in [2.05, 4.69) is 50.3 Å². The summed E-state index contributed by atoms with van der Waals surface area (Å²) in [6.45, 7) is 6.64. The second kappa shape index (κ2) is 7.05. The van der Waals surface area contributed by atoms with Crippen molar-refractivity contribution >= 4 is 11.3 Å². The highest BCUT2D eigenvalue weighted by Crippen LogP contribution is 2.25. The number of rotatable bonds is 7. The molecule has 1 unspecified atom stereocenters. The molecule has 0 radical (unpaired) electrons. The molecule has 0 aliphatic carbocycles. The highest BCUT2D eigenvalue weighted by molar-refractivity contribution is 7.12. The van der Waals surface area contributed by atoms with Crippen LogP contribution in [0, 0.1) is 6.92 Å². The van der Waals surface area contributed by atoms with Gasteiger partial charge in [0.2, 0.25) is 0 Å². The third-order valence-electron chi connectivity index (χ3n) is 2.61. The van der Waals surface area contributed by atoms with Crippen LogP contribution in [0.2, 0.25) is 0 Å². The minimum absolute atomic E-state index is 0.529. The molecule has 3 heteroatoms. The highest BCUT2D eigenvalue weighted by atomic mass is 32.1. The van der Waals surface area contributed by atoms with Crippen LogP contribution in [-0.4, -0.2) is 32.1 Å². The largest absolute Gasteiger partial charge is 0.309 e. The van der Waals surface area contributed by atoms with E-state index in [0.717, 1.165) is 13.1 Å². The van der Waals surface area contributed by atoms with E-state index in [9.17, 15) is 0 Å². The maximum atomic E-state index is 3.64. The van der Waals surface area contributed by atoms with E-state index >= 15 is 0 Å². The molecular formula is C13H24N2S. The topological polar surface area (TPSA) is 15.3 Å². The summed E-state index contributed by atoms with van der Waals surface area (Å²) in [7, 11) is 4.27. The lowest BCUT2D eigenvalue weighted by Gasteiger charge is -2.19. The summed E-state index contributed by atoms with van der Waals surface area (Å²) in [5.41, 5.74) is 0. The smallest absolute Gasteiger partial charge is 0.0427 e. The zero-order valence-corrected chi connectivity index (χ0v) is 11.7. The molecule has 0 bridgehead atoms. The van der Waals surface area contributed by atoms with Gasteiger partial charge >= 0.3 is 0 Å². The molecule has 1 N–H and O–H groups in total. The Labute approximate surface area is 104 Å². The fourth-order valence-electron chi connectivity index (χ4n) is 1.69. The van der Waals surface area contributed by atoms with Crippen LogP contribution in [0.25, 0.3) is 0 Å². The van der Waals surface area contributed by atoms with Gasteiger partial charge in [-0.15, -0.1) is 11.3 Å². The van der Waals surface area contributed by atoms with Crippen molar-refractivity contribution in [2.24, 2.45) is 0 Å². The Bertz CT molecular complexity index is 294. The summed E-state index contributed by atoms with van der Waals surface area (Å²) in [6, 6.07) is 5.01. The van der Waals surface area contributed by atoms with Gasteiger partial charge in [0, 0.05) is 15.8 Å². The minimum Gasteiger partial charge on any atom is -0.309 e. The zero-order valence-electron chi connectivity index (χ0n) is 10.9. The van der Waals surface area contributed by atoms with E-state index in [4.69, 9.17) is 0 Å². The lowest BCUT2D eigenvalue weighted by molar-refractivity contribution is 0.363. The Kier molecular flexibility index (Phi) is 6.03. The first-order chi connectivity index (χ1) is 7.63. The number of thiophene rings is 1. The van der Waals surface area contributed by atoms with Gasteiger partial charge in [-0.1, -0.05) is 6.92 Å². The first-order valence-corrected chi connectivity index (χ1v) is 6.89. The third-order valence-corrected chi connectivity index (χ3v) is 3.72. The normalized spacial score (nSPS) is 13.3. The number of nitrogens with zero attached hydrogens (tertiary/aromatic N) is 1. The highest BCUT2D eigenvalue weighted by Gasteiger charge is 2.12. The third kappa shape index (κ3) is 4.64. The van der Waals surface area contributed by atoms with Gasteiger partial charge in [0.15, 0.2) is 0 Å².